The number of halogens is 1. The van der Waals surface area contributed by atoms with Gasteiger partial charge in [0.1, 0.15) is 17.6 Å². The zero-order valence-electron chi connectivity index (χ0n) is 18.3. The smallest absolute Gasteiger partial charge is 0.170 e. The summed E-state index contributed by atoms with van der Waals surface area (Å²) < 4.78 is 12.9. The van der Waals surface area contributed by atoms with E-state index in [0.29, 0.717) is 0 Å². The van der Waals surface area contributed by atoms with E-state index < -0.39 is 0 Å². The van der Waals surface area contributed by atoms with Crippen molar-refractivity contribution in [2.45, 2.75) is 18.5 Å². The fourth-order valence-electron chi connectivity index (χ4n) is 4.53. The molecule has 4 heterocycles. The largest absolute Gasteiger partial charge is 0.459 e. The molecule has 2 fully saturated rings. The van der Waals surface area contributed by atoms with Crippen LogP contribution in [0.15, 0.2) is 69.7 Å². The monoisotopic (exact) mass is 526 g/mol. The molecule has 0 bridgehead atoms. The lowest BCUT2D eigenvalue weighted by Gasteiger charge is -2.29. The number of hydrogen-bond acceptors (Lipinski definition) is 5. The maximum absolute atomic E-state index is 6.41. The molecule has 33 heavy (non-hydrogen) atoms. The molecular weight excluding hydrogens is 500 g/mol. The second kappa shape index (κ2) is 10.3. The molecule has 2 aliphatic heterocycles. The van der Waals surface area contributed by atoms with Crippen LogP contribution in [0.5, 0.6) is 0 Å². The fourth-order valence-corrected chi connectivity index (χ4v) is 5.12. The summed E-state index contributed by atoms with van der Waals surface area (Å²) in [6.45, 7) is 5.52. The Balaban J connectivity index is 1.39. The minimum Gasteiger partial charge on any atom is -0.459 e. The number of ether oxygens (including phenoxy) is 1. The van der Waals surface area contributed by atoms with Gasteiger partial charge in [0.05, 0.1) is 24.9 Å². The highest BCUT2D eigenvalue weighted by atomic mass is 79.9. The SMILES string of the molecule is S=C1N[C@@H](c2ccccn2)[C@@H](c2ccc(-c3ccc(Br)cc3)o2)N1CCCN1CCOCC1. The van der Waals surface area contributed by atoms with Gasteiger partial charge in [-0.3, -0.25) is 9.88 Å². The van der Waals surface area contributed by atoms with E-state index in [1.54, 1.807) is 0 Å². The van der Waals surface area contributed by atoms with E-state index in [4.69, 9.17) is 21.4 Å². The molecule has 0 radical (unpaired) electrons. The third-order valence-corrected chi connectivity index (χ3v) is 7.10. The summed E-state index contributed by atoms with van der Waals surface area (Å²) in [6.07, 6.45) is 2.85. The first-order valence-corrected chi connectivity index (χ1v) is 12.5. The number of hydrogen-bond donors (Lipinski definition) is 1. The first-order chi connectivity index (χ1) is 16.2. The van der Waals surface area contributed by atoms with Gasteiger partial charge in [0.2, 0.25) is 0 Å². The summed E-state index contributed by atoms with van der Waals surface area (Å²) in [4.78, 5) is 9.34. The third kappa shape index (κ3) is 5.14. The maximum atomic E-state index is 6.41. The van der Waals surface area contributed by atoms with Crippen molar-refractivity contribution in [1.29, 1.82) is 0 Å². The van der Waals surface area contributed by atoms with E-state index >= 15 is 0 Å². The van der Waals surface area contributed by atoms with Crippen LogP contribution in [0.3, 0.4) is 0 Å². The van der Waals surface area contributed by atoms with Crippen molar-refractivity contribution in [2.75, 3.05) is 39.4 Å². The Morgan fingerprint density at radius 1 is 1.03 bits per heavy atom. The summed E-state index contributed by atoms with van der Waals surface area (Å²) in [5.41, 5.74) is 2.01. The third-order valence-electron chi connectivity index (χ3n) is 6.22. The van der Waals surface area contributed by atoms with E-state index in [9.17, 15) is 0 Å². The zero-order valence-corrected chi connectivity index (χ0v) is 20.7. The standard InChI is InChI=1S/C25H27BrN4O2S/c26-19-7-5-18(6-8-19)21-9-10-22(32-21)24-23(20-4-1-2-11-27-20)28-25(33)30(24)13-3-12-29-14-16-31-17-15-29/h1-2,4-11,23-24H,3,12-17H2,(H,28,33)/t23-,24+/m0/s1. The normalized spacial score (nSPS) is 21.4. The Labute approximate surface area is 208 Å². The van der Waals surface area contributed by atoms with Crippen molar-refractivity contribution in [2.24, 2.45) is 0 Å². The van der Waals surface area contributed by atoms with Gasteiger partial charge >= 0.3 is 0 Å². The molecule has 2 aliphatic rings. The molecule has 172 valence electrons. The van der Waals surface area contributed by atoms with Crippen LogP contribution in [0.4, 0.5) is 0 Å². The van der Waals surface area contributed by atoms with Gasteiger partial charge in [-0.25, -0.2) is 0 Å². The van der Waals surface area contributed by atoms with E-state index in [2.05, 4.69) is 54.2 Å². The minimum atomic E-state index is -0.0639. The van der Waals surface area contributed by atoms with Crippen LogP contribution in [-0.4, -0.2) is 59.3 Å². The lowest BCUT2D eigenvalue weighted by Crippen LogP contribution is -2.38. The van der Waals surface area contributed by atoms with Gasteiger partial charge in [0.25, 0.3) is 0 Å². The molecule has 2 aromatic heterocycles. The predicted molar refractivity (Wildman–Crippen MR) is 136 cm³/mol. The van der Waals surface area contributed by atoms with Crippen LogP contribution in [0.25, 0.3) is 11.3 Å². The summed E-state index contributed by atoms with van der Waals surface area (Å²) >= 11 is 9.29. The van der Waals surface area contributed by atoms with Gasteiger partial charge in [-0.15, -0.1) is 0 Å². The Morgan fingerprint density at radius 2 is 1.85 bits per heavy atom. The van der Waals surface area contributed by atoms with Crippen molar-refractivity contribution in [3.8, 4) is 11.3 Å². The molecular formula is C25H27BrN4O2S. The molecule has 2 saturated heterocycles. The second-order valence-corrected chi connectivity index (χ2v) is 9.64. The molecule has 6 nitrogen and oxygen atoms in total. The molecule has 5 rings (SSSR count). The summed E-state index contributed by atoms with van der Waals surface area (Å²) in [7, 11) is 0. The number of rotatable bonds is 7. The number of thiocarbonyl (C=S) groups is 1. The van der Waals surface area contributed by atoms with Crippen molar-refractivity contribution in [3.05, 3.63) is 76.7 Å². The highest BCUT2D eigenvalue weighted by molar-refractivity contribution is 9.10. The maximum Gasteiger partial charge on any atom is 0.170 e. The van der Waals surface area contributed by atoms with Gasteiger partial charge in [-0.05, 0) is 55.0 Å². The number of nitrogens with zero attached hydrogens (tertiary/aromatic N) is 3. The summed E-state index contributed by atoms with van der Waals surface area (Å²) in [6, 6.07) is 18.2. The van der Waals surface area contributed by atoms with Crippen molar-refractivity contribution < 1.29 is 9.15 Å². The van der Waals surface area contributed by atoms with Crippen molar-refractivity contribution in [3.63, 3.8) is 0 Å². The van der Waals surface area contributed by atoms with Gasteiger partial charge in [0.15, 0.2) is 5.11 Å². The van der Waals surface area contributed by atoms with Gasteiger partial charge in [-0.2, -0.15) is 0 Å². The van der Waals surface area contributed by atoms with E-state index in [1.807, 2.05) is 42.6 Å². The van der Waals surface area contributed by atoms with E-state index in [-0.39, 0.29) is 12.1 Å². The lowest BCUT2D eigenvalue weighted by atomic mass is 10.0. The quantitative estimate of drug-likeness (QED) is 0.443. The number of morpholine rings is 1. The lowest BCUT2D eigenvalue weighted by molar-refractivity contribution is 0.0365. The highest BCUT2D eigenvalue weighted by Gasteiger charge is 2.41. The molecule has 0 aliphatic carbocycles. The van der Waals surface area contributed by atoms with Crippen LogP contribution < -0.4 is 5.32 Å². The number of benzene rings is 1. The Bertz CT molecular complexity index is 1070. The Kier molecular flexibility index (Phi) is 7.06. The van der Waals surface area contributed by atoms with Crippen LogP contribution in [0, 0.1) is 0 Å². The topological polar surface area (TPSA) is 53.8 Å². The second-order valence-electron chi connectivity index (χ2n) is 8.34. The molecule has 0 saturated carbocycles. The number of nitrogens with one attached hydrogen (secondary N) is 1. The molecule has 8 heteroatoms. The Morgan fingerprint density at radius 3 is 2.61 bits per heavy atom. The molecule has 1 N–H and O–H groups in total. The van der Waals surface area contributed by atoms with E-state index in [1.165, 1.54) is 0 Å². The number of aromatic nitrogens is 1. The fraction of sp³-hybridized carbons (Fsp3) is 0.360. The van der Waals surface area contributed by atoms with Crippen molar-refractivity contribution in [1.82, 2.24) is 20.1 Å². The average Bonchev–Trinajstić information content (AvgIpc) is 3.46. The highest BCUT2D eigenvalue weighted by Crippen LogP contribution is 2.40. The Hall–Kier alpha value is -2.26. The van der Waals surface area contributed by atoms with Crippen LogP contribution in [0.1, 0.15) is 30.0 Å². The summed E-state index contributed by atoms with van der Waals surface area (Å²) in [5.74, 6) is 1.74. The van der Waals surface area contributed by atoms with E-state index in [0.717, 1.165) is 78.2 Å². The first-order valence-electron chi connectivity index (χ1n) is 11.3. The molecule has 0 unspecified atom stereocenters. The molecule has 2 atom stereocenters. The van der Waals surface area contributed by atoms with Gasteiger partial charge in [-0.1, -0.05) is 34.1 Å². The van der Waals surface area contributed by atoms with Gasteiger partial charge < -0.3 is 19.4 Å². The zero-order chi connectivity index (χ0) is 22.6. The van der Waals surface area contributed by atoms with Gasteiger partial charge in [0, 0.05) is 42.4 Å². The van der Waals surface area contributed by atoms with Crippen LogP contribution in [0.2, 0.25) is 0 Å². The molecule has 3 aromatic rings. The van der Waals surface area contributed by atoms with Crippen LogP contribution >= 0.6 is 28.1 Å². The molecule has 0 spiro atoms. The number of furan rings is 1. The average molecular weight is 527 g/mol. The predicted octanol–water partition coefficient (Wildman–Crippen LogP) is 4.80. The molecule has 0 amide bonds. The van der Waals surface area contributed by atoms with Crippen LogP contribution in [-0.2, 0) is 4.74 Å². The minimum absolute atomic E-state index is 0.0544. The summed E-state index contributed by atoms with van der Waals surface area (Å²) in [5, 5.41) is 4.26. The number of pyridine rings is 1. The first kappa shape index (κ1) is 22.5. The molecule has 1 aromatic carbocycles. The van der Waals surface area contributed by atoms with Crippen molar-refractivity contribution >= 4 is 33.3 Å².